The van der Waals surface area contributed by atoms with E-state index in [0.717, 1.165) is 24.1 Å². The summed E-state index contributed by atoms with van der Waals surface area (Å²) >= 11 is 2.08. The summed E-state index contributed by atoms with van der Waals surface area (Å²) in [5.74, 6) is 4.38. The molecule has 0 aromatic heterocycles. The minimum atomic E-state index is 0.659. The summed E-state index contributed by atoms with van der Waals surface area (Å²) in [6.07, 6.45) is 2.62. The lowest BCUT2D eigenvalue weighted by Crippen LogP contribution is -2.34. The van der Waals surface area contributed by atoms with E-state index in [1.807, 2.05) is 6.07 Å². The highest BCUT2D eigenvalue weighted by atomic mass is 32.2. The molecule has 3 rings (SSSR count). The van der Waals surface area contributed by atoms with Gasteiger partial charge in [0.1, 0.15) is 13.2 Å². The highest BCUT2D eigenvalue weighted by Gasteiger charge is 2.19. The standard InChI is InChI=1S/C15H21NO2S/c1-16(13-4-8-19-9-5-13)11-12-2-3-14-15(10-12)18-7-6-17-14/h2-3,10,13H,4-9,11H2,1H3. The number of hydrogen-bond acceptors (Lipinski definition) is 4. The molecular formula is C15H21NO2S. The molecule has 2 aliphatic rings. The first kappa shape index (κ1) is 13.1. The van der Waals surface area contributed by atoms with Crippen molar-refractivity contribution in [3.8, 4) is 11.5 Å². The Morgan fingerprint density at radius 1 is 1.16 bits per heavy atom. The maximum absolute atomic E-state index is 5.64. The molecule has 0 N–H and O–H groups in total. The van der Waals surface area contributed by atoms with Gasteiger partial charge >= 0.3 is 0 Å². The van der Waals surface area contributed by atoms with Crippen LogP contribution >= 0.6 is 11.8 Å². The highest BCUT2D eigenvalue weighted by molar-refractivity contribution is 7.99. The Hall–Kier alpha value is -0.870. The summed E-state index contributed by atoms with van der Waals surface area (Å²) in [6, 6.07) is 7.05. The van der Waals surface area contributed by atoms with Gasteiger partial charge in [0.05, 0.1) is 0 Å². The maximum atomic E-state index is 5.64. The van der Waals surface area contributed by atoms with Crippen LogP contribution in [0.2, 0.25) is 0 Å². The van der Waals surface area contributed by atoms with Crippen LogP contribution in [0.1, 0.15) is 18.4 Å². The summed E-state index contributed by atoms with van der Waals surface area (Å²) < 4.78 is 11.2. The van der Waals surface area contributed by atoms with Crippen LogP contribution in [0.25, 0.3) is 0 Å². The molecular weight excluding hydrogens is 258 g/mol. The van der Waals surface area contributed by atoms with Crippen molar-refractivity contribution in [2.45, 2.75) is 25.4 Å². The van der Waals surface area contributed by atoms with E-state index in [1.165, 1.54) is 29.9 Å². The van der Waals surface area contributed by atoms with Gasteiger partial charge in [0.15, 0.2) is 11.5 Å². The van der Waals surface area contributed by atoms with Crippen LogP contribution in [0.4, 0.5) is 0 Å². The topological polar surface area (TPSA) is 21.7 Å². The number of nitrogens with zero attached hydrogens (tertiary/aromatic N) is 1. The van der Waals surface area contributed by atoms with Gasteiger partial charge in [-0.1, -0.05) is 6.07 Å². The zero-order valence-corrected chi connectivity index (χ0v) is 12.2. The number of thioether (sulfide) groups is 1. The Morgan fingerprint density at radius 2 is 1.89 bits per heavy atom. The molecule has 0 atom stereocenters. The SMILES string of the molecule is CN(Cc1ccc2c(c1)OCCO2)C1CCSCC1. The number of fused-ring (bicyclic) bond motifs is 1. The molecule has 1 fully saturated rings. The van der Waals surface area contributed by atoms with Crippen LogP contribution in [-0.4, -0.2) is 42.7 Å². The molecule has 0 bridgehead atoms. The van der Waals surface area contributed by atoms with Gasteiger partial charge in [0.25, 0.3) is 0 Å². The van der Waals surface area contributed by atoms with Crippen molar-refractivity contribution in [3.63, 3.8) is 0 Å². The van der Waals surface area contributed by atoms with Crippen LogP contribution in [-0.2, 0) is 6.54 Å². The second-order valence-electron chi connectivity index (χ2n) is 5.24. The van der Waals surface area contributed by atoms with Crippen LogP contribution < -0.4 is 9.47 Å². The quantitative estimate of drug-likeness (QED) is 0.848. The summed E-state index contributed by atoms with van der Waals surface area (Å²) in [6.45, 7) is 2.31. The number of ether oxygens (including phenoxy) is 2. The number of benzene rings is 1. The van der Waals surface area contributed by atoms with Crippen LogP contribution in [0, 0.1) is 0 Å². The average Bonchev–Trinajstić information content (AvgIpc) is 2.48. The van der Waals surface area contributed by atoms with E-state index in [0.29, 0.717) is 13.2 Å². The zero-order chi connectivity index (χ0) is 13.1. The van der Waals surface area contributed by atoms with E-state index in [4.69, 9.17) is 9.47 Å². The molecule has 1 aromatic carbocycles. The van der Waals surface area contributed by atoms with Gasteiger partial charge in [-0.2, -0.15) is 11.8 Å². The van der Waals surface area contributed by atoms with Crippen molar-refractivity contribution >= 4 is 11.8 Å². The smallest absolute Gasteiger partial charge is 0.161 e. The van der Waals surface area contributed by atoms with Crippen molar-refractivity contribution in [1.82, 2.24) is 4.90 Å². The van der Waals surface area contributed by atoms with E-state index < -0.39 is 0 Å². The van der Waals surface area contributed by atoms with E-state index in [9.17, 15) is 0 Å². The van der Waals surface area contributed by atoms with Crippen molar-refractivity contribution in [1.29, 1.82) is 0 Å². The largest absolute Gasteiger partial charge is 0.486 e. The molecule has 3 nitrogen and oxygen atoms in total. The third-order valence-electron chi connectivity index (χ3n) is 3.85. The van der Waals surface area contributed by atoms with Crippen LogP contribution in [0.3, 0.4) is 0 Å². The van der Waals surface area contributed by atoms with Crippen molar-refractivity contribution in [2.24, 2.45) is 0 Å². The molecule has 0 radical (unpaired) electrons. The predicted molar refractivity (Wildman–Crippen MR) is 79.2 cm³/mol. The average molecular weight is 279 g/mol. The molecule has 0 spiro atoms. The lowest BCUT2D eigenvalue weighted by Gasteiger charge is -2.31. The first-order valence-corrected chi connectivity index (χ1v) is 8.15. The summed E-state index contributed by atoms with van der Waals surface area (Å²) in [4.78, 5) is 2.48. The van der Waals surface area contributed by atoms with Gasteiger partial charge in [-0.3, -0.25) is 4.90 Å². The Balaban J connectivity index is 1.65. The molecule has 2 heterocycles. The highest BCUT2D eigenvalue weighted by Crippen LogP contribution is 2.31. The molecule has 1 saturated heterocycles. The fourth-order valence-corrected chi connectivity index (χ4v) is 3.81. The summed E-state index contributed by atoms with van der Waals surface area (Å²) in [5, 5.41) is 0. The second kappa shape index (κ2) is 6.06. The predicted octanol–water partition coefficient (Wildman–Crippen LogP) is 2.79. The van der Waals surface area contributed by atoms with Crippen molar-refractivity contribution in [2.75, 3.05) is 31.8 Å². The minimum absolute atomic E-state index is 0.659. The Morgan fingerprint density at radius 3 is 2.68 bits per heavy atom. The molecule has 0 aliphatic carbocycles. The van der Waals surface area contributed by atoms with Gasteiger partial charge in [-0.25, -0.2) is 0 Å². The molecule has 1 aromatic rings. The zero-order valence-electron chi connectivity index (χ0n) is 11.4. The van der Waals surface area contributed by atoms with Gasteiger partial charge in [-0.15, -0.1) is 0 Å². The van der Waals surface area contributed by atoms with E-state index >= 15 is 0 Å². The summed E-state index contributed by atoms with van der Waals surface area (Å²) in [5.41, 5.74) is 1.31. The van der Waals surface area contributed by atoms with Crippen molar-refractivity contribution in [3.05, 3.63) is 23.8 Å². The van der Waals surface area contributed by atoms with Crippen LogP contribution in [0.15, 0.2) is 18.2 Å². The van der Waals surface area contributed by atoms with Crippen molar-refractivity contribution < 1.29 is 9.47 Å². The first-order chi connectivity index (χ1) is 9.33. The Bertz CT molecular complexity index is 432. The maximum Gasteiger partial charge on any atom is 0.161 e. The third kappa shape index (κ3) is 3.18. The molecule has 2 aliphatic heterocycles. The fraction of sp³-hybridized carbons (Fsp3) is 0.600. The Kier molecular flexibility index (Phi) is 4.18. The van der Waals surface area contributed by atoms with E-state index in [-0.39, 0.29) is 0 Å². The number of rotatable bonds is 3. The number of hydrogen-bond donors (Lipinski definition) is 0. The molecule has 4 heteroatoms. The van der Waals surface area contributed by atoms with Gasteiger partial charge in [-0.05, 0) is 49.1 Å². The Labute approximate surface area is 119 Å². The van der Waals surface area contributed by atoms with E-state index in [1.54, 1.807) is 0 Å². The normalized spacial score (nSPS) is 19.7. The summed E-state index contributed by atoms with van der Waals surface area (Å²) in [7, 11) is 2.23. The van der Waals surface area contributed by atoms with E-state index in [2.05, 4.69) is 35.8 Å². The molecule has 0 unspecified atom stereocenters. The monoisotopic (exact) mass is 279 g/mol. The lowest BCUT2D eigenvalue weighted by atomic mass is 10.1. The minimum Gasteiger partial charge on any atom is -0.486 e. The lowest BCUT2D eigenvalue weighted by molar-refractivity contribution is 0.170. The second-order valence-corrected chi connectivity index (χ2v) is 6.46. The first-order valence-electron chi connectivity index (χ1n) is 6.99. The van der Waals surface area contributed by atoms with Gasteiger partial charge < -0.3 is 9.47 Å². The molecule has 0 amide bonds. The van der Waals surface area contributed by atoms with Gasteiger partial charge in [0, 0.05) is 12.6 Å². The molecule has 104 valence electrons. The fourth-order valence-electron chi connectivity index (χ4n) is 2.73. The third-order valence-corrected chi connectivity index (χ3v) is 4.90. The molecule has 19 heavy (non-hydrogen) atoms. The van der Waals surface area contributed by atoms with Crippen LogP contribution in [0.5, 0.6) is 11.5 Å². The van der Waals surface area contributed by atoms with Gasteiger partial charge in [0.2, 0.25) is 0 Å². The molecule has 0 saturated carbocycles.